The Morgan fingerprint density at radius 3 is 2.75 bits per heavy atom. The molecule has 0 radical (unpaired) electrons. The number of hydrogen-bond donors (Lipinski definition) is 0. The van der Waals surface area contributed by atoms with Crippen LogP contribution in [0.3, 0.4) is 0 Å². The zero-order valence-corrected chi connectivity index (χ0v) is 11.4. The van der Waals surface area contributed by atoms with Gasteiger partial charge in [-0.2, -0.15) is 0 Å². The average molecular weight is 331 g/mol. The van der Waals surface area contributed by atoms with Gasteiger partial charge >= 0.3 is 0 Å². The van der Waals surface area contributed by atoms with Crippen LogP contribution in [0.2, 0.25) is 0 Å². The number of carbonyl (C=O) groups excluding carboxylic acids is 1. The Morgan fingerprint density at radius 1 is 1.38 bits per heavy atom. The molecule has 0 atom stereocenters. The molecule has 0 aromatic heterocycles. The van der Waals surface area contributed by atoms with Crippen molar-refractivity contribution >= 4 is 28.5 Å². The highest BCUT2D eigenvalue weighted by Crippen LogP contribution is 2.17. The van der Waals surface area contributed by atoms with Crippen LogP contribution in [-0.2, 0) is 4.74 Å². The molecule has 1 fully saturated rings. The van der Waals surface area contributed by atoms with Crippen LogP contribution in [0, 0.1) is 10.5 Å². The molecular formula is C12H14INO2. The van der Waals surface area contributed by atoms with E-state index in [-0.39, 0.29) is 5.91 Å². The summed E-state index contributed by atoms with van der Waals surface area (Å²) in [5, 5.41) is 0. The van der Waals surface area contributed by atoms with Gasteiger partial charge < -0.3 is 9.64 Å². The summed E-state index contributed by atoms with van der Waals surface area (Å²) in [6.45, 7) is 4.69. The van der Waals surface area contributed by atoms with E-state index in [1.54, 1.807) is 0 Å². The molecule has 1 aliphatic heterocycles. The Bertz CT molecular complexity index is 400. The van der Waals surface area contributed by atoms with Gasteiger partial charge in [0, 0.05) is 16.7 Å². The van der Waals surface area contributed by atoms with E-state index in [1.807, 2.05) is 30.0 Å². The van der Waals surface area contributed by atoms with E-state index in [4.69, 9.17) is 4.74 Å². The smallest absolute Gasteiger partial charge is 0.255 e. The molecule has 1 heterocycles. The predicted molar refractivity (Wildman–Crippen MR) is 70.6 cm³/mol. The quantitative estimate of drug-likeness (QED) is 0.738. The lowest BCUT2D eigenvalue weighted by Gasteiger charge is -2.27. The lowest BCUT2D eigenvalue weighted by Crippen LogP contribution is -2.41. The highest BCUT2D eigenvalue weighted by atomic mass is 127. The number of ether oxygens (including phenoxy) is 1. The topological polar surface area (TPSA) is 29.5 Å². The van der Waals surface area contributed by atoms with Gasteiger partial charge in [0.15, 0.2) is 0 Å². The van der Waals surface area contributed by atoms with Crippen molar-refractivity contribution < 1.29 is 9.53 Å². The molecule has 1 saturated heterocycles. The average Bonchev–Trinajstić information content (AvgIpc) is 2.32. The Hall–Kier alpha value is -0.620. The van der Waals surface area contributed by atoms with Crippen LogP contribution in [0.15, 0.2) is 18.2 Å². The van der Waals surface area contributed by atoms with E-state index >= 15 is 0 Å². The standard InChI is InChI=1S/C12H14INO2/c1-9-2-3-11(13)10(8-9)12(15)14-4-6-16-7-5-14/h2-3,8H,4-7H2,1H3. The molecule has 0 unspecified atom stereocenters. The monoisotopic (exact) mass is 331 g/mol. The van der Waals surface area contributed by atoms with E-state index in [9.17, 15) is 4.79 Å². The third-order valence-electron chi connectivity index (χ3n) is 2.65. The van der Waals surface area contributed by atoms with Crippen molar-refractivity contribution in [2.75, 3.05) is 26.3 Å². The number of nitrogens with zero attached hydrogens (tertiary/aromatic N) is 1. The van der Waals surface area contributed by atoms with Gasteiger partial charge in [-0.3, -0.25) is 4.79 Å². The summed E-state index contributed by atoms with van der Waals surface area (Å²) in [6, 6.07) is 5.97. The number of aryl methyl sites for hydroxylation is 1. The van der Waals surface area contributed by atoms with E-state index in [0.29, 0.717) is 26.3 Å². The highest BCUT2D eigenvalue weighted by molar-refractivity contribution is 14.1. The molecule has 16 heavy (non-hydrogen) atoms. The Morgan fingerprint density at radius 2 is 2.06 bits per heavy atom. The molecule has 3 nitrogen and oxygen atoms in total. The fourth-order valence-corrected chi connectivity index (χ4v) is 2.31. The van der Waals surface area contributed by atoms with Crippen molar-refractivity contribution in [3.8, 4) is 0 Å². The maximum absolute atomic E-state index is 12.2. The second-order valence-corrected chi connectivity index (χ2v) is 5.05. The lowest BCUT2D eigenvalue weighted by molar-refractivity contribution is 0.0302. The minimum absolute atomic E-state index is 0.122. The minimum Gasteiger partial charge on any atom is -0.378 e. The summed E-state index contributed by atoms with van der Waals surface area (Å²) in [7, 11) is 0. The third kappa shape index (κ3) is 2.55. The van der Waals surface area contributed by atoms with Gasteiger partial charge in [0.05, 0.1) is 18.8 Å². The molecule has 1 amide bonds. The first-order chi connectivity index (χ1) is 7.68. The van der Waals surface area contributed by atoms with Gasteiger partial charge in [0.1, 0.15) is 0 Å². The van der Waals surface area contributed by atoms with Crippen LogP contribution in [0.1, 0.15) is 15.9 Å². The Kier molecular flexibility index (Phi) is 3.81. The van der Waals surface area contributed by atoms with Crippen LogP contribution in [0.5, 0.6) is 0 Å². The summed E-state index contributed by atoms with van der Waals surface area (Å²) in [6.07, 6.45) is 0. The van der Waals surface area contributed by atoms with E-state index in [0.717, 1.165) is 14.7 Å². The van der Waals surface area contributed by atoms with Crippen LogP contribution >= 0.6 is 22.6 Å². The predicted octanol–water partition coefficient (Wildman–Crippen LogP) is 2.07. The highest BCUT2D eigenvalue weighted by Gasteiger charge is 2.20. The van der Waals surface area contributed by atoms with Crippen LogP contribution in [0.25, 0.3) is 0 Å². The molecule has 1 aliphatic rings. The minimum atomic E-state index is 0.122. The van der Waals surface area contributed by atoms with Gasteiger partial charge in [-0.25, -0.2) is 0 Å². The first-order valence-electron chi connectivity index (χ1n) is 5.31. The molecule has 2 rings (SSSR count). The lowest BCUT2D eigenvalue weighted by atomic mass is 10.1. The molecule has 86 valence electrons. The number of rotatable bonds is 1. The number of benzene rings is 1. The summed E-state index contributed by atoms with van der Waals surface area (Å²) >= 11 is 2.21. The SMILES string of the molecule is Cc1ccc(I)c(C(=O)N2CCOCC2)c1. The fraction of sp³-hybridized carbons (Fsp3) is 0.417. The first-order valence-corrected chi connectivity index (χ1v) is 6.39. The molecule has 0 spiro atoms. The summed E-state index contributed by atoms with van der Waals surface area (Å²) in [5.41, 5.74) is 1.93. The Balaban J connectivity index is 2.22. The summed E-state index contributed by atoms with van der Waals surface area (Å²) in [5.74, 6) is 0.122. The van der Waals surface area contributed by atoms with Crippen molar-refractivity contribution in [2.45, 2.75) is 6.92 Å². The van der Waals surface area contributed by atoms with Crippen molar-refractivity contribution in [1.82, 2.24) is 4.90 Å². The van der Waals surface area contributed by atoms with Gasteiger partial charge in [0.2, 0.25) is 0 Å². The molecule has 1 aromatic carbocycles. The summed E-state index contributed by atoms with van der Waals surface area (Å²) in [4.78, 5) is 14.1. The third-order valence-corrected chi connectivity index (χ3v) is 3.59. The van der Waals surface area contributed by atoms with Crippen molar-refractivity contribution in [1.29, 1.82) is 0 Å². The van der Waals surface area contributed by atoms with Gasteiger partial charge in [-0.15, -0.1) is 0 Å². The molecule has 0 bridgehead atoms. The van der Waals surface area contributed by atoms with Gasteiger partial charge in [-0.05, 0) is 41.6 Å². The van der Waals surface area contributed by atoms with E-state index in [2.05, 4.69) is 22.6 Å². The maximum Gasteiger partial charge on any atom is 0.255 e. The van der Waals surface area contributed by atoms with E-state index < -0.39 is 0 Å². The number of morpholine rings is 1. The number of hydrogen-bond acceptors (Lipinski definition) is 2. The molecular weight excluding hydrogens is 317 g/mol. The number of amides is 1. The normalized spacial score (nSPS) is 16.2. The van der Waals surface area contributed by atoms with Crippen molar-refractivity contribution in [2.24, 2.45) is 0 Å². The largest absolute Gasteiger partial charge is 0.378 e. The van der Waals surface area contributed by atoms with Crippen LogP contribution in [0.4, 0.5) is 0 Å². The van der Waals surface area contributed by atoms with Crippen LogP contribution in [-0.4, -0.2) is 37.1 Å². The molecule has 0 aliphatic carbocycles. The first kappa shape index (κ1) is 11.9. The van der Waals surface area contributed by atoms with Crippen molar-refractivity contribution in [3.63, 3.8) is 0 Å². The molecule has 0 saturated carbocycles. The Labute approximate surface area is 109 Å². The van der Waals surface area contributed by atoms with Gasteiger partial charge in [0.25, 0.3) is 5.91 Å². The van der Waals surface area contributed by atoms with Crippen molar-refractivity contribution in [3.05, 3.63) is 32.9 Å². The van der Waals surface area contributed by atoms with E-state index in [1.165, 1.54) is 0 Å². The second kappa shape index (κ2) is 5.14. The fourth-order valence-electron chi connectivity index (χ4n) is 1.74. The maximum atomic E-state index is 12.2. The zero-order chi connectivity index (χ0) is 11.5. The molecule has 0 N–H and O–H groups in total. The molecule has 1 aromatic rings. The molecule has 4 heteroatoms. The number of carbonyl (C=O) groups is 1. The zero-order valence-electron chi connectivity index (χ0n) is 9.20. The second-order valence-electron chi connectivity index (χ2n) is 3.89. The number of halogens is 1. The van der Waals surface area contributed by atoms with Gasteiger partial charge in [-0.1, -0.05) is 11.6 Å². The van der Waals surface area contributed by atoms with Crippen LogP contribution < -0.4 is 0 Å². The summed E-state index contributed by atoms with van der Waals surface area (Å²) < 4.78 is 6.26.